The molecule has 0 spiro atoms. The molecule has 4 heterocycles. The first-order valence-corrected chi connectivity index (χ1v) is 17.6. The Labute approximate surface area is 282 Å². The number of methoxy groups -OCH3 is 3. The van der Waals surface area contributed by atoms with Gasteiger partial charge in [-0.2, -0.15) is 0 Å². The number of carbonyl (C=O) groups excluding carboxylic acids is 1. The topological polar surface area (TPSA) is 103 Å². The van der Waals surface area contributed by atoms with Crippen LogP contribution in [-0.4, -0.2) is 67.1 Å². The first kappa shape index (κ1) is 34.3. The second-order valence-corrected chi connectivity index (χ2v) is 13.8. The number of piperidine rings is 1. The number of thiophene rings is 1. The molecule has 0 aliphatic carbocycles. The molecule has 6 rings (SSSR count). The number of thioether (sulfide) groups is 1. The van der Waals surface area contributed by atoms with E-state index in [1.807, 2.05) is 52.7 Å². The van der Waals surface area contributed by atoms with Gasteiger partial charge >= 0.3 is 5.97 Å². The van der Waals surface area contributed by atoms with Crippen molar-refractivity contribution in [3.8, 4) is 11.5 Å². The maximum Gasteiger partial charge on any atom is 0.310 e. The van der Waals surface area contributed by atoms with Crippen LogP contribution in [0.2, 0.25) is 0 Å². The first-order chi connectivity index (χ1) is 22.9. The van der Waals surface area contributed by atoms with Crippen LogP contribution in [0.1, 0.15) is 19.3 Å². The van der Waals surface area contributed by atoms with E-state index in [9.17, 15) is 14.4 Å². The molecule has 0 bridgehead atoms. The predicted octanol–water partition coefficient (Wildman–Crippen LogP) is 6.29. The van der Waals surface area contributed by atoms with Crippen molar-refractivity contribution in [1.29, 1.82) is 0 Å². The van der Waals surface area contributed by atoms with Crippen molar-refractivity contribution in [1.82, 2.24) is 14.5 Å². The molecule has 248 valence electrons. The van der Waals surface area contributed by atoms with Gasteiger partial charge in [0.25, 0.3) is 5.56 Å². The standard InChI is InChI=1S/C26H32N2O4S2.C10H9NO2/c1-31-21-9-7-20-8-10-24(29)28(23(20)17-21)12-3-5-19-11-13-27(18-22(19)26(30)32-2)14-16-34-25-6-4-15-33-25;1-13-8-4-2-7-3-5-10(12)11-9(7)6-8/h4,6-10,15,17,19,22H,3,5,11-14,16,18H2,1-2H3;2-6H,1H3,(H,11,12). The van der Waals surface area contributed by atoms with Crippen LogP contribution < -0.4 is 20.6 Å². The van der Waals surface area contributed by atoms with Crippen LogP contribution >= 0.6 is 23.1 Å². The monoisotopic (exact) mass is 675 g/mol. The van der Waals surface area contributed by atoms with E-state index in [0.717, 1.165) is 78.0 Å². The minimum Gasteiger partial charge on any atom is -0.497 e. The molecule has 47 heavy (non-hydrogen) atoms. The van der Waals surface area contributed by atoms with Crippen molar-refractivity contribution in [2.24, 2.45) is 11.8 Å². The maximum absolute atomic E-state index is 12.6. The normalized spacial score (nSPS) is 16.4. The first-order valence-electron chi connectivity index (χ1n) is 15.7. The van der Waals surface area contributed by atoms with E-state index in [1.54, 1.807) is 43.8 Å². The average molecular weight is 676 g/mol. The van der Waals surface area contributed by atoms with Crippen molar-refractivity contribution in [3.63, 3.8) is 0 Å². The number of benzene rings is 2. The maximum atomic E-state index is 12.6. The Balaban J connectivity index is 0.000000277. The molecular weight excluding hydrogens is 635 g/mol. The number of carbonyl (C=O) groups is 1. The molecule has 0 saturated carbocycles. The van der Waals surface area contributed by atoms with Gasteiger partial charge in [-0.25, -0.2) is 0 Å². The van der Waals surface area contributed by atoms with E-state index in [2.05, 4.69) is 27.4 Å². The van der Waals surface area contributed by atoms with E-state index in [0.29, 0.717) is 6.54 Å². The Morgan fingerprint density at radius 1 is 0.936 bits per heavy atom. The Morgan fingerprint density at radius 2 is 1.68 bits per heavy atom. The Morgan fingerprint density at radius 3 is 2.43 bits per heavy atom. The summed E-state index contributed by atoms with van der Waals surface area (Å²) in [4.78, 5) is 41.3. The van der Waals surface area contributed by atoms with E-state index < -0.39 is 0 Å². The number of esters is 1. The quantitative estimate of drug-likeness (QED) is 0.129. The predicted molar refractivity (Wildman–Crippen MR) is 190 cm³/mol. The zero-order valence-electron chi connectivity index (χ0n) is 27.0. The third kappa shape index (κ3) is 9.06. The summed E-state index contributed by atoms with van der Waals surface area (Å²) in [5.41, 5.74) is 1.57. The second-order valence-electron chi connectivity index (χ2n) is 11.4. The van der Waals surface area contributed by atoms with Gasteiger partial charge in [-0.05, 0) is 90.3 Å². The van der Waals surface area contributed by atoms with Crippen LogP contribution in [0.5, 0.6) is 11.5 Å². The number of rotatable bonds is 11. The van der Waals surface area contributed by atoms with Crippen molar-refractivity contribution < 1.29 is 19.0 Å². The van der Waals surface area contributed by atoms with Gasteiger partial charge in [-0.15, -0.1) is 23.1 Å². The lowest BCUT2D eigenvalue weighted by Crippen LogP contribution is -2.45. The van der Waals surface area contributed by atoms with Gasteiger partial charge in [-0.1, -0.05) is 6.07 Å². The fraction of sp³-hybridized carbons (Fsp3) is 0.361. The summed E-state index contributed by atoms with van der Waals surface area (Å²) in [6, 6.07) is 22.4. The summed E-state index contributed by atoms with van der Waals surface area (Å²) in [6.07, 6.45) is 2.70. The van der Waals surface area contributed by atoms with E-state index in [-0.39, 0.29) is 28.9 Å². The highest BCUT2D eigenvalue weighted by atomic mass is 32.2. The molecule has 2 aromatic carbocycles. The van der Waals surface area contributed by atoms with Crippen LogP contribution in [0.4, 0.5) is 0 Å². The smallest absolute Gasteiger partial charge is 0.310 e. The average Bonchev–Trinajstić information content (AvgIpc) is 3.62. The number of pyridine rings is 2. The van der Waals surface area contributed by atoms with Gasteiger partial charge < -0.3 is 28.7 Å². The number of aromatic amines is 1. The number of hydrogen-bond acceptors (Lipinski definition) is 9. The molecule has 0 radical (unpaired) electrons. The number of H-pyrrole nitrogens is 1. The lowest BCUT2D eigenvalue weighted by atomic mass is 9.82. The number of fused-ring (bicyclic) bond motifs is 2. The third-order valence-electron chi connectivity index (χ3n) is 8.58. The van der Waals surface area contributed by atoms with Gasteiger partial charge in [0.15, 0.2) is 0 Å². The molecule has 2 unspecified atom stereocenters. The van der Waals surface area contributed by atoms with Crippen molar-refractivity contribution in [3.05, 3.63) is 98.9 Å². The van der Waals surface area contributed by atoms with Crippen LogP contribution in [-0.2, 0) is 16.1 Å². The summed E-state index contributed by atoms with van der Waals surface area (Å²) in [5.74, 6) is 2.54. The molecule has 3 aromatic heterocycles. The van der Waals surface area contributed by atoms with Crippen molar-refractivity contribution >= 4 is 50.9 Å². The summed E-state index contributed by atoms with van der Waals surface area (Å²) < 4.78 is 18.7. The SMILES string of the molecule is COC(=O)C1CN(CCSc2cccs2)CCC1CCCn1c(=O)ccc2ccc(OC)cc21.COc1ccc2ccc(=O)[nH]c2c1. The Hall–Kier alpha value is -4.06. The number of aryl methyl sites for hydroxylation is 1. The van der Waals surface area contributed by atoms with Crippen molar-refractivity contribution in [2.45, 2.75) is 30.0 Å². The summed E-state index contributed by atoms with van der Waals surface area (Å²) in [7, 11) is 4.71. The molecule has 1 aliphatic heterocycles. The van der Waals surface area contributed by atoms with Crippen LogP contribution in [0.15, 0.2) is 92.0 Å². The minimum atomic E-state index is -0.118. The molecule has 5 aromatic rings. The summed E-state index contributed by atoms with van der Waals surface area (Å²) >= 11 is 3.64. The number of likely N-dealkylation sites (tertiary alicyclic amines) is 1. The van der Waals surface area contributed by atoms with Gasteiger partial charge in [0, 0.05) is 49.7 Å². The number of ether oxygens (including phenoxy) is 3. The molecule has 1 N–H and O–H groups in total. The fourth-order valence-corrected chi connectivity index (χ4v) is 7.91. The van der Waals surface area contributed by atoms with E-state index in [4.69, 9.17) is 14.2 Å². The zero-order chi connectivity index (χ0) is 33.2. The van der Waals surface area contributed by atoms with E-state index in [1.165, 1.54) is 17.4 Å². The number of nitrogens with zero attached hydrogens (tertiary/aromatic N) is 2. The van der Waals surface area contributed by atoms with Gasteiger partial charge in [0.2, 0.25) is 5.56 Å². The molecule has 0 amide bonds. The van der Waals surface area contributed by atoms with Crippen LogP contribution in [0.3, 0.4) is 0 Å². The largest absolute Gasteiger partial charge is 0.497 e. The Bertz CT molecular complexity index is 1890. The lowest BCUT2D eigenvalue weighted by Gasteiger charge is -2.37. The molecule has 2 atom stereocenters. The second kappa shape index (κ2) is 16.7. The zero-order valence-corrected chi connectivity index (χ0v) is 28.6. The summed E-state index contributed by atoms with van der Waals surface area (Å²) in [6.45, 7) is 3.33. The molecule has 11 heteroatoms. The highest BCUT2D eigenvalue weighted by Crippen LogP contribution is 2.30. The molecular formula is C36H41N3O6S2. The van der Waals surface area contributed by atoms with E-state index >= 15 is 0 Å². The van der Waals surface area contributed by atoms with Gasteiger partial charge in [-0.3, -0.25) is 14.4 Å². The molecule has 1 fully saturated rings. The highest BCUT2D eigenvalue weighted by molar-refractivity contribution is 8.01. The minimum absolute atomic E-state index is 0.0108. The van der Waals surface area contributed by atoms with Crippen LogP contribution in [0.25, 0.3) is 21.8 Å². The third-order valence-corrected chi connectivity index (χ3v) is 10.7. The Kier molecular flexibility index (Phi) is 12.2. The molecule has 1 aliphatic rings. The summed E-state index contributed by atoms with van der Waals surface area (Å²) in [5, 5.41) is 4.12. The molecule has 1 saturated heterocycles. The number of hydrogen-bond donors (Lipinski definition) is 1. The molecule has 9 nitrogen and oxygen atoms in total. The van der Waals surface area contributed by atoms with Gasteiger partial charge in [0.05, 0.1) is 42.5 Å². The van der Waals surface area contributed by atoms with Crippen LogP contribution in [0, 0.1) is 11.8 Å². The highest BCUT2D eigenvalue weighted by Gasteiger charge is 2.34. The van der Waals surface area contributed by atoms with Gasteiger partial charge in [0.1, 0.15) is 11.5 Å². The number of nitrogens with one attached hydrogen (secondary N) is 1. The lowest BCUT2D eigenvalue weighted by molar-refractivity contribution is -0.150. The van der Waals surface area contributed by atoms with Crippen molar-refractivity contribution in [2.75, 3.05) is 46.7 Å². The number of aromatic nitrogens is 2. The fourth-order valence-electron chi connectivity index (χ4n) is 6.05.